The van der Waals surface area contributed by atoms with Gasteiger partial charge in [-0.1, -0.05) is 69.2 Å². The van der Waals surface area contributed by atoms with Gasteiger partial charge in [0.25, 0.3) is 16.6 Å². The zero-order valence-electron chi connectivity index (χ0n) is 39.0. The van der Waals surface area contributed by atoms with E-state index in [0.717, 1.165) is 49.4 Å². The minimum atomic E-state index is -1.93. The summed E-state index contributed by atoms with van der Waals surface area (Å²) in [5.41, 5.74) is 0. The highest BCUT2D eigenvalue weighted by Crippen LogP contribution is 2.38. The fourth-order valence-electron chi connectivity index (χ4n) is 6.13. The summed E-state index contributed by atoms with van der Waals surface area (Å²) < 4.78 is 30.2. The summed E-state index contributed by atoms with van der Waals surface area (Å²) >= 11 is 0. The van der Waals surface area contributed by atoms with Crippen LogP contribution in [0.4, 0.5) is 25.6 Å². The van der Waals surface area contributed by atoms with Crippen LogP contribution < -0.4 is 29.5 Å². The lowest BCUT2D eigenvalue weighted by molar-refractivity contribution is 0.167. The zero-order chi connectivity index (χ0) is 44.9. The largest absolute Gasteiger partial charge is 0.542 e. The fourth-order valence-corrected chi connectivity index (χ4v) is 8.17. The molecule has 0 aliphatic carbocycles. The van der Waals surface area contributed by atoms with Crippen molar-refractivity contribution in [2.45, 2.75) is 131 Å². The average Bonchev–Trinajstić information content (AvgIpc) is 3.17. The van der Waals surface area contributed by atoms with E-state index in [2.05, 4.69) is 121 Å². The van der Waals surface area contributed by atoms with Gasteiger partial charge in [0.15, 0.2) is 0 Å². The summed E-state index contributed by atoms with van der Waals surface area (Å²) in [5, 5.41) is 9.02. The maximum atomic E-state index is 12.8. The van der Waals surface area contributed by atoms with Crippen LogP contribution >= 0.6 is 0 Å². The van der Waals surface area contributed by atoms with Crippen molar-refractivity contribution in [2.75, 3.05) is 36.8 Å². The molecule has 2 aromatic heterocycles. The molecule has 11 nitrogen and oxygen atoms in total. The van der Waals surface area contributed by atoms with Crippen molar-refractivity contribution in [3.05, 3.63) is 66.7 Å². The first-order valence-corrected chi connectivity index (χ1v) is 27.5. The zero-order valence-corrected chi connectivity index (χ0v) is 41.0. The number of aromatic nitrogens is 2. The molecule has 334 valence electrons. The molecule has 14 heteroatoms. The van der Waals surface area contributed by atoms with E-state index < -0.39 is 28.5 Å². The Morgan fingerprint density at radius 1 is 0.683 bits per heavy atom. The molecule has 0 atom stereocenters. The molecule has 3 amide bonds. The third-order valence-corrected chi connectivity index (χ3v) is 21.1. The molecule has 1 aromatic carbocycles. The third kappa shape index (κ3) is 16.4. The van der Waals surface area contributed by atoms with Gasteiger partial charge >= 0.3 is 12.1 Å². The van der Waals surface area contributed by atoms with E-state index in [9.17, 15) is 14.0 Å². The Bertz CT molecular complexity index is 1750. The van der Waals surface area contributed by atoms with Crippen LogP contribution in [-0.2, 0) is 0 Å². The number of benzene rings is 1. The van der Waals surface area contributed by atoms with Gasteiger partial charge in [0, 0.05) is 13.1 Å². The maximum absolute atomic E-state index is 12.8. The minimum absolute atomic E-state index is 0.0576. The molecule has 0 spiro atoms. The van der Waals surface area contributed by atoms with E-state index in [1.165, 1.54) is 50.2 Å². The molecule has 5 rings (SSSR count). The molecule has 0 radical (unpaired) electrons. The van der Waals surface area contributed by atoms with Crippen molar-refractivity contribution in [1.29, 1.82) is 0 Å². The Morgan fingerprint density at radius 2 is 1.10 bits per heavy atom. The second kappa shape index (κ2) is 22.2. The predicted molar refractivity (Wildman–Crippen MR) is 249 cm³/mol. The highest BCUT2D eigenvalue weighted by atomic mass is 28.4. The topological polar surface area (TPSA) is 127 Å². The normalized spacial score (nSPS) is 15.6. The highest BCUT2D eigenvalue weighted by molar-refractivity contribution is 6.75. The lowest BCUT2D eigenvalue weighted by Crippen LogP contribution is -2.43. The van der Waals surface area contributed by atoms with Gasteiger partial charge in [0.2, 0.25) is 0 Å². The van der Waals surface area contributed by atoms with Crippen LogP contribution in [0.3, 0.4) is 0 Å². The highest BCUT2D eigenvalue weighted by Gasteiger charge is 2.40. The van der Waals surface area contributed by atoms with E-state index in [0.29, 0.717) is 23.3 Å². The molecule has 60 heavy (non-hydrogen) atoms. The summed E-state index contributed by atoms with van der Waals surface area (Å²) in [6.45, 7) is 35.1. The van der Waals surface area contributed by atoms with Crippen LogP contribution in [0.15, 0.2) is 60.9 Å². The molecular weight excluding hydrogens is 792 g/mol. The number of carbonyl (C=O) groups excluding carboxylic acids is 2. The first-order chi connectivity index (χ1) is 27.9. The third-order valence-electron chi connectivity index (χ3n) is 12.4. The summed E-state index contributed by atoms with van der Waals surface area (Å²) in [6, 6.07) is 12.3. The maximum Gasteiger partial charge on any atom is 0.418 e. The van der Waals surface area contributed by atoms with Gasteiger partial charge < -0.3 is 23.8 Å². The molecule has 2 fully saturated rings. The Morgan fingerprint density at radius 3 is 1.48 bits per heavy atom. The molecule has 3 aromatic rings. The number of likely N-dealkylation sites (tertiary alicyclic amines) is 1. The van der Waals surface area contributed by atoms with Crippen LogP contribution in [-0.4, -0.2) is 69.8 Å². The van der Waals surface area contributed by atoms with Gasteiger partial charge in [0.1, 0.15) is 34.7 Å². The van der Waals surface area contributed by atoms with Gasteiger partial charge in [-0.05, 0) is 147 Å². The number of rotatable bonds is 9. The molecule has 2 aliphatic heterocycles. The number of piperidine rings is 2. The first-order valence-electron chi connectivity index (χ1n) is 21.7. The number of hydrogen-bond acceptors (Lipinski definition) is 8. The van der Waals surface area contributed by atoms with Crippen LogP contribution in [0, 0.1) is 29.5 Å². The number of anilines is 2. The van der Waals surface area contributed by atoms with Gasteiger partial charge in [-0.3, -0.25) is 10.6 Å². The lowest BCUT2D eigenvalue weighted by Gasteiger charge is -2.36. The number of nitrogens with one attached hydrogen (secondary N) is 3. The average molecular weight is 867 g/mol. The minimum Gasteiger partial charge on any atom is -0.542 e. The Hall–Kier alpha value is -4.02. The number of hydrogen-bond donors (Lipinski definition) is 3. The molecule has 0 unspecified atom stereocenters. The Balaban J connectivity index is 0.000000266. The fraction of sp³-hybridized carbons (Fsp3) is 0.609. The van der Waals surface area contributed by atoms with Gasteiger partial charge in [-0.2, -0.15) is 0 Å². The van der Waals surface area contributed by atoms with Crippen molar-refractivity contribution < 1.29 is 27.6 Å². The Kier molecular flexibility index (Phi) is 18.6. The monoisotopic (exact) mass is 867 g/mol. The molecule has 2 aliphatic rings. The standard InChI is InChI=1S/C20H35N3O2Si.C18H23FN2O3Si.C8H17N/c1-15(2)16-10-12-23(13-11-16)19(24)22-18-9-8-17(14-21-18)25-26(6,7)20(3,4)5;1-18(2,3)25(4,5)24-15-10-11-16(20-12-15)21-17(22)23-14-8-6-13(19)7-9-14;1-7(2)8-3-5-9-6-4-8/h8-9,14-16H,10-13H2,1-7H3,(H,21,22,24);6-12H,1-5H3,(H,20,21,22);7-9H,3-6H2,1-2H3. The second-order valence-electron chi connectivity index (χ2n) is 19.8. The van der Waals surface area contributed by atoms with Crippen LogP contribution in [0.5, 0.6) is 17.2 Å². The van der Waals surface area contributed by atoms with Crippen LogP contribution in [0.2, 0.25) is 36.3 Å². The number of nitrogens with zero attached hydrogens (tertiary/aromatic N) is 3. The van der Waals surface area contributed by atoms with Crippen LogP contribution in [0.1, 0.15) is 94.9 Å². The van der Waals surface area contributed by atoms with Crippen molar-refractivity contribution in [3.8, 4) is 17.2 Å². The smallest absolute Gasteiger partial charge is 0.418 e. The summed E-state index contributed by atoms with van der Waals surface area (Å²) in [7, 11) is -3.81. The van der Waals surface area contributed by atoms with Crippen LogP contribution in [0.25, 0.3) is 0 Å². The molecule has 3 N–H and O–H groups in total. The van der Waals surface area contributed by atoms with Gasteiger partial charge in [0.05, 0.1) is 12.4 Å². The van der Waals surface area contributed by atoms with Gasteiger partial charge in [-0.25, -0.2) is 23.9 Å². The van der Waals surface area contributed by atoms with E-state index in [-0.39, 0.29) is 21.9 Å². The van der Waals surface area contributed by atoms with Crippen molar-refractivity contribution in [2.24, 2.45) is 23.7 Å². The number of halogens is 1. The molecule has 0 saturated carbocycles. The van der Waals surface area contributed by atoms with Gasteiger partial charge in [-0.15, -0.1) is 0 Å². The molecule has 2 saturated heterocycles. The predicted octanol–water partition coefficient (Wildman–Crippen LogP) is 12.2. The van der Waals surface area contributed by atoms with Crippen molar-refractivity contribution in [3.63, 3.8) is 0 Å². The second-order valence-corrected chi connectivity index (χ2v) is 29.2. The Labute approximate surface area is 362 Å². The molecule has 0 bridgehead atoms. The number of urea groups is 1. The van der Waals surface area contributed by atoms with E-state index >= 15 is 0 Å². The summed E-state index contributed by atoms with van der Waals surface area (Å²) in [5.74, 6) is 5.51. The molecule has 4 heterocycles. The summed E-state index contributed by atoms with van der Waals surface area (Å²) in [6.07, 6.45) is 7.53. The SMILES string of the molecule is CC(C)(C)[Si](C)(C)Oc1ccc(NC(=O)Oc2ccc(F)cc2)nc1.CC(C)C1CCN(C(=O)Nc2ccc(O[Si](C)(C)C(C)(C)C)cn2)CC1.CC(C)C1CCNCC1. The van der Waals surface area contributed by atoms with E-state index in [4.69, 9.17) is 13.6 Å². The van der Waals surface area contributed by atoms with Crippen molar-refractivity contribution in [1.82, 2.24) is 20.2 Å². The number of carbonyl (C=O) groups is 2. The first kappa shape index (κ1) is 50.3. The summed E-state index contributed by atoms with van der Waals surface area (Å²) in [4.78, 5) is 34.7. The number of amides is 3. The lowest BCUT2D eigenvalue weighted by atomic mass is 9.87. The van der Waals surface area contributed by atoms with E-state index in [1.807, 2.05) is 17.0 Å². The quantitative estimate of drug-likeness (QED) is 0.182. The van der Waals surface area contributed by atoms with Crippen molar-refractivity contribution >= 4 is 40.4 Å². The molecular formula is C46H75FN6O5Si2. The van der Waals surface area contributed by atoms with E-state index in [1.54, 1.807) is 24.5 Å². The number of ether oxygens (including phenoxy) is 1. The number of pyridine rings is 2.